The second kappa shape index (κ2) is 6.65. The van der Waals surface area contributed by atoms with Gasteiger partial charge in [-0.05, 0) is 26.2 Å². The first-order valence-electron chi connectivity index (χ1n) is 7.81. The topological polar surface area (TPSA) is 45.7 Å². The largest absolute Gasteiger partial charge is 0.471 e. The number of hydrogen-bond acceptors (Lipinski definition) is 5. The number of pyridine rings is 1. The summed E-state index contributed by atoms with van der Waals surface area (Å²) in [5.41, 5.74) is 0. The molecule has 0 aliphatic carbocycles. The van der Waals surface area contributed by atoms with Crippen molar-refractivity contribution in [1.29, 1.82) is 0 Å². The fourth-order valence-corrected chi connectivity index (χ4v) is 4.54. The van der Waals surface area contributed by atoms with E-state index in [0.717, 1.165) is 31.8 Å². The van der Waals surface area contributed by atoms with Crippen molar-refractivity contribution in [3.05, 3.63) is 24.1 Å². The highest BCUT2D eigenvalue weighted by atomic mass is 32.2. The van der Waals surface area contributed by atoms with Crippen LogP contribution in [-0.4, -0.2) is 71.0 Å². The van der Waals surface area contributed by atoms with Crippen LogP contribution in [0.1, 0.15) is 12.8 Å². The van der Waals surface area contributed by atoms with Gasteiger partial charge in [-0.2, -0.15) is 0 Å². The highest BCUT2D eigenvalue weighted by Gasteiger charge is 2.51. The van der Waals surface area contributed by atoms with E-state index in [2.05, 4.69) is 4.98 Å². The Hall–Kier alpha value is -1.34. The van der Waals surface area contributed by atoms with Crippen molar-refractivity contribution < 1.29 is 13.9 Å². The molecular weight excluding hydrogens is 317 g/mol. The summed E-state index contributed by atoms with van der Waals surface area (Å²) in [6.45, 7) is 2.32. The number of likely N-dealkylation sites (tertiary alicyclic amines) is 1. The van der Waals surface area contributed by atoms with Gasteiger partial charge in [0.1, 0.15) is 6.10 Å². The Morgan fingerprint density at radius 3 is 3.04 bits per heavy atom. The zero-order valence-electron chi connectivity index (χ0n) is 13.5. The Morgan fingerprint density at radius 1 is 1.57 bits per heavy atom. The number of carbonyl (C=O) groups excluding carboxylic acids is 1. The number of thioether (sulfide) groups is 1. The summed E-state index contributed by atoms with van der Waals surface area (Å²) in [5, 5.41) is 0. The van der Waals surface area contributed by atoms with E-state index < -0.39 is 5.82 Å². The molecule has 0 aromatic carbocycles. The Morgan fingerprint density at radius 2 is 2.35 bits per heavy atom. The van der Waals surface area contributed by atoms with E-state index in [9.17, 15) is 9.18 Å². The molecule has 2 fully saturated rings. The zero-order chi connectivity index (χ0) is 16.4. The van der Waals surface area contributed by atoms with Gasteiger partial charge >= 0.3 is 0 Å². The number of hydrogen-bond donors (Lipinski definition) is 0. The molecule has 23 heavy (non-hydrogen) atoms. The molecule has 0 radical (unpaired) electrons. The molecule has 0 bridgehead atoms. The molecule has 3 rings (SSSR count). The van der Waals surface area contributed by atoms with Gasteiger partial charge in [0.25, 0.3) is 5.88 Å². The normalized spacial score (nSPS) is 22.4. The van der Waals surface area contributed by atoms with Crippen molar-refractivity contribution in [1.82, 2.24) is 14.8 Å². The van der Waals surface area contributed by atoms with Gasteiger partial charge in [0.2, 0.25) is 5.91 Å². The number of carbonyl (C=O) groups is 1. The summed E-state index contributed by atoms with van der Waals surface area (Å²) < 4.78 is 19.4. The third kappa shape index (κ3) is 3.77. The predicted molar refractivity (Wildman–Crippen MR) is 88.2 cm³/mol. The van der Waals surface area contributed by atoms with E-state index in [4.69, 9.17) is 4.74 Å². The van der Waals surface area contributed by atoms with Crippen LogP contribution in [-0.2, 0) is 4.79 Å². The van der Waals surface area contributed by atoms with E-state index in [1.807, 2.05) is 35.7 Å². The van der Waals surface area contributed by atoms with Crippen LogP contribution in [0.3, 0.4) is 0 Å². The Labute approximate surface area is 140 Å². The lowest BCUT2D eigenvalue weighted by atomic mass is 9.92. The lowest BCUT2D eigenvalue weighted by Gasteiger charge is -2.47. The molecule has 0 saturated carbocycles. The first kappa shape index (κ1) is 16.5. The molecule has 1 aromatic rings. The molecular formula is C16H22FN3O2S. The highest BCUT2D eigenvalue weighted by Crippen LogP contribution is 2.46. The summed E-state index contributed by atoms with van der Waals surface area (Å²) in [6, 6.07) is 2.91. The third-order valence-corrected chi connectivity index (χ3v) is 5.84. The van der Waals surface area contributed by atoms with E-state index in [1.54, 1.807) is 6.07 Å². The average molecular weight is 339 g/mol. The van der Waals surface area contributed by atoms with Crippen LogP contribution in [0, 0.1) is 5.82 Å². The smallest absolute Gasteiger partial charge is 0.250 e. The fourth-order valence-electron chi connectivity index (χ4n) is 3.02. The SMILES string of the molecule is CN(C)CCC(=O)N1CC2(CC(Oc3ncccc3F)CS2)C1. The Bertz CT molecular complexity index is 578. The van der Waals surface area contributed by atoms with Crippen molar-refractivity contribution in [3.63, 3.8) is 0 Å². The monoisotopic (exact) mass is 339 g/mol. The van der Waals surface area contributed by atoms with E-state index in [1.165, 1.54) is 12.3 Å². The standard InChI is InChI=1S/C16H22FN3O2S/c1-19(2)7-5-14(21)20-10-16(11-20)8-12(9-23-16)22-15-13(17)4-3-6-18-15/h3-4,6,12H,5,7-11H2,1-2H3. The van der Waals surface area contributed by atoms with Gasteiger partial charge in [0, 0.05) is 44.4 Å². The Balaban J connectivity index is 1.48. The molecule has 1 atom stereocenters. The molecule has 126 valence electrons. The van der Waals surface area contributed by atoms with Crippen LogP contribution in [0.4, 0.5) is 4.39 Å². The zero-order valence-corrected chi connectivity index (χ0v) is 14.3. The van der Waals surface area contributed by atoms with Crippen molar-refractivity contribution in [2.24, 2.45) is 0 Å². The van der Waals surface area contributed by atoms with Gasteiger partial charge in [-0.1, -0.05) is 0 Å². The van der Waals surface area contributed by atoms with Crippen LogP contribution in [0.5, 0.6) is 5.88 Å². The fraction of sp³-hybridized carbons (Fsp3) is 0.625. The molecule has 2 aliphatic heterocycles. The molecule has 3 heterocycles. The maximum Gasteiger partial charge on any atom is 0.250 e. The minimum Gasteiger partial charge on any atom is -0.471 e. The molecule has 5 nitrogen and oxygen atoms in total. The molecule has 2 saturated heterocycles. The maximum atomic E-state index is 13.6. The number of halogens is 1. The van der Waals surface area contributed by atoms with Gasteiger partial charge in [-0.15, -0.1) is 11.8 Å². The number of amides is 1. The van der Waals surface area contributed by atoms with Crippen LogP contribution >= 0.6 is 11.8 Å². The average Bonchev–Trinajstić information content (AvgIpc) is 2.90. The molecule has 2 aliphatic rings. The van der Waals surface area contributed by atoms with Gasteiger partial charge in [0.05, 0.1) is 4.75 Å². The molecule has 0 N–H and O–H groups in total. The van der Waals surface area contributed by atoms with E-state index in [-0.39, 0.29) is 22.6 Å². The minimum absolute atomic E-state index is 0.0385. The van der Waals surface area contributed by atoms with Crippen molar-refractivity contribution >= 4 is 17.7 Å². The second-order valence-electron chi connectivity index (χ2n) is 6.53. The molecule has 1 spiro atoms. The van der Waals surface area contributed by atoms with Gasteiger partial charge < -0.3 is 14.5 Å². The number of nitrogens with zero attached hydrogens (tertiary/aromatic N) is 3. The lowest BCUT2D eigenvalue weighted by molar-refractivity contribution is -0.136. The van der Waals surface area contributed by atoms with E-state index in [0.29, 0.717) is 6.42 Å². The van der Waals surface area contributed by atoms with E-state index >= 15 is 0 Å². The first-order valence-corrected chi connectivity index (χ1v) is 8.80. The first-order chi connectivity index (χ1) is 11.0. The molecule has 1 aromatic heterocycles. The number of aromatic nitrogens is 1. The predicted octanol–water partition coefficient (Wildman–Crippen LogP) is 1.64. The summed E-state index contributed by atoms with van der Waals surface area (Å²) >= 11 is 1.83. The quantitative estimate of drug-likeness (QED) is 0.816. The summed E-state index contributed by atoms with van der Waals surface area (Å²) in [6.07, 6.45) is 2.89. The minimum atomic E-state index is -0.424. The second-order valence-corrected chi connectivity index (χ2v) is 8.02. The van der Waals surface area contributed by atoms with Crippen molar-refractivity contribution in [3.8, 4) is 5.88 Å². The maximum absolute atomic E-state index is 13.6. The number of ether oxygens (including phenoxy) is 1. The van der Waals surface area contributed by atoms with Crippen LogP contribution in [0.25, 0.3) is 0 Å². The van der Waals surface area contributed by atoms with Gasteiger partial charge in [0.15, 0.2) is 5.82 Å². The molecule has 7 heteroatoms. The lowest BCUT2D eigenvalue weighted by Crippen LogP contribution is -2.61. The van der Waals surface area contributed by atoms with Crippen LogP contribution in [0.15, 0.2) is 18.3 Å². The highest BCUT2D eigenvalue weighted by molar-refractivity contribution is 8.01. The summed E-state index contributed by atoms with van der Waals surface area (Å²) in [7, 11) is 3.94. The van der Waals surface area contributed by atoms with Gasteiger partial charge in [-0.25, -0.2) is 9.37 Å². The van der Waals surface area contributed by atoms with Crippen molar-refractivity contribution in [2.75, 3.05) is 39.5 Å². The number of rotatable bonds is 5. The third-order valence-electron chi connectivity index (χ3n) is 4.26. The van der Waals surface area contributed by atoms with Gasteiger partial charge in [-0.3, -0.25) is 4.79 Å². The Kier molecular flexibility index (Phi) is 4.77. The van der Waals surface area contributed by atoms with Crippen molar-refractivity contribution in [2.45, 2.75) is 23.7 Å². The molecule has 1 unspecified atom stereocenters. The summed E-state index contributed by atoms with van der Waals surface area (Å²) in [5.74, 6) is 0.682. The van der Waals surface area contributed by atoms with Crippen LogP contribution in [0.2, 0.25) is 0 Å². The molecule has 1 amide bonds. The summed E-state index contributed by atoms with van der Waals surface area (Å²) in [4.78, 5) is 20.0. The van der Waals surface area contributed by atoms with Crippen LogP contribution < -0.4 is 4.74 Å².